The lowest BCUT2D eigenvalue weighted by atomic mass is 10.3. The molecule has 0 heterocycles. The van der Waals surface area contributed by atoms with Crippen LogP contribution >= 0.6 is 11.6 Å². The highest BCUT2D eigenvalue weighted by molar-refractivity contribution is 6.21. The summed E-state index contributed by atoms with van der Waals surface area (Å²) in [6.45, 7) is 0. The summed E-state index contributed by atoms with van der Waals surface area (Å²) in [5.41, 5.74) is 0. The molecule has 0 unspecified atom stereocenters. The Labute approximate surface area is 118 Å². The molecule has 0 atom stereocenters. The molecule has 2 aromatic carbocycles. The Hall–Kier alpha value is -1.71. The Bertz CT molecular complexity index is 461. The van der Waals surface area contributed by atoms with Gasteiger partial charge in [-0.15, -0.1) is 0 Å². The Balaban J connectivity index is 2.18. The van der Waals surface area contributed by atoms with Crippen LogP contribution in [0.1, 0.15) is 0 Å². The number of para-hydroxylation sites is 2. The van der Waals surface area contributed by atoms with Gasteiger partial charge in [0.25, 0.3) is 0 Å². The van der Waals surface area contributed by atoms with Gasteiger partial charge in [-0.3, -0.25) is 0 Å². The van der Waals surface area contributed by atoms with Crippen LogP contribution < -0.4 is 9.47 Å². The molecule has 0 aliphatic carbocycles. The normalized spacial score (nSPS) is 11.4. The number of hydrogen-bond acceptors (Lipinski definition) is 3. The van der Waals surface area contributed by atoms with Crippen LogP contribution in [0.25, 0.3) is 0 Å². The predicted molar refractivity (Wildman–Crippen MR) is 76.4 cm³/mol. The summed E-state index contributed by atoms with van der Waals surface area (Å²) in [7, 11) is 3.58. The minimum atomic E-state index is -1.39. The van der Waals surface area contributed by atoms with E-state index in [1.54, 1.807) is 19.0 Å². The number of ether oxygens (including phenoxy) is 2. The highest BCUT2D eigenvalue weighted by Gasteiger charge is 2.35. The summed E-state index contributed by atoms with van der Waals surface area (Å²) >= 11 is 6.42. The highest BCUT2D eigenvalue weighted by Crippen LogP contribution is 2.27. The van der Waals surface area contributed by atoms with E-state index >= 15 is 0 Å². The molecule has 0 radical (unpaired) electrons. The fraction of sp³-hybridized carbons (Fsp3) is 0.200. The van der Waals surface area contributed by atoms with E-state index in [0.29, 0.717) is 11.5 Å². The van der Waals surface area contributed by atoms with E-state index in [0.717, 1.165) is 0 Å². The van der Waals surface area contributed by atoms with Crippen LogP contribution in [0.2, 0.25) is 0 Å². The fourth-order valence-electron chi connectivity index (χ4n) is 1.47. The van der Waals surface area contributed by atoms with Crippen molar-refractivity contribution in [1.82, 2.24) is 4.90 Å². The van der Waals surface area contributed by atoms with E-state index in [2.05, 4.69) is 0 Å². The molecule has 0 saturated carbocycles. The summed E-state index contributed by atoms with van der Waals surface area (Å²) in [6, 6.07) is 18.7. The average Bonchev–Trinajstić information content (AvgIpc) is 2.40. The van der Waals surface area contributed by atoms with Gasteiger partial charge in [-0.2, -0.15) is 0 Å². The number of hydrogen-bond donors (Lipinski definition) is 0. The molecule has 2 aromatic rings. The highest BCUT2D eigenvalue weighted by atomic mass is 35.5. The van der Waals surface area contributed by atoms with Crippen LogP contribution in [0.5, 0.6) is 11.5 Å². The third-order valence-corrected chi connectivity index (χ3v) is 3.00. The average molecular weight is 278 g/mol. The van der Waals surface area contributed by atoms with Crippen LogP contribution in [-0.2, 0) is 0 Å². The molecular weight excluding hydrogens is 262 g/mol. The summed E-state index contributed by atoms with van der Waals surface area (Å²) in [5.74, 6) is 1.28. The Kier molecular flexibility index (Phi) is 4.30. The Morgan fingerprint density at radius 1 is 0.789 bits per heavy atom. The maximum atomic E-state index is 6.42. The summed E-state index contributed by atoms with van der Waals surface area (Å²) in [5, 5.41) is -1.39. The number of nitrogens with zero attached hydrogens (tertiary/aromatic N) is 1. The van der Waals surface area contributed by atoms with Gasteiger partial charge in [0.05, 0.1) is 0 Å². The maximum Gasteiger partial charge on any atom is 0.402 e. The molecule has 19 heavy (non-hydrogen) atoms. The number of halogens is 1. The van der Waals surface area contributed by atoms with E-state index in [9.17, 15) is 0 Å². The molecule has 0 bridgehead atoms. The smallest absolute Gasteiger partial charge is 0.402 e. The number of rotatable bonds is 5. The van der Waals surface area contributed by atoms with Crippen molar-refractivity contribution in [2.24, 2.45) is 0 Å². The van der Waals surface area contributed by atoms with Gasteiger partial charge in [0.15, 0.2) is 0 Å². The molecule has 0 saturated heterocycles. The van der Waals surface area contributed by atoms with Crippen molar-refractivity contribution >= 4 is 11.6 Å². The van der Waals surface area contributed by atoms with Gasteiger partial charge < -0.3 is 9.47 Å². The maximum absolute atomic E-state index is 6.42. The molecule has 0 aliphatic heterocycles. The van der Waals surface area contributed by atoms with Crippen LogP contribution in [0.4, 0.5) is 0 Å². The number of alkyl halides is 1. The molecule has 0 amide bonds. The lowest BCUT2D eigenvalue weighted by Crippen LogP contribution is -2.49. The lowest BCUT2D eigenvalue weighted by molar-refractivity contribution is -0.136. The van der Waals surface area contributed by atoms with Gasteiger partial charge in [0.1, 0.15) is 11.5 Å². The molecule has 100 valence electrons. The van der Waals surface area contributed by atoms with Crippen LogP contribution in [0.15, 0.2) is 60.7 Å². The zero-order chi connectivity index (χ0) is 13.7. The lowest BCUT2D eigenvalue weighted by Gasteiger charge is -2.33. The van der Waals surface area contributed by atoms with Crippen molar-refractivity contribution in [2.45, 2.75) is 5.37 Å². The third-order valence-electron chi connectivity index (χ3n) is 2.51. The van der Waals surface area contributed by atoms with E-state index in [4.69, 9.17) is 21.1 Å². The van der Waals surface area contributed by atoms with Crippen LogP contribution in [0, 0.1) is 0 Å². The van der Waals surface area contributed by atoms with Crippen molar-refractivity contribution in [3.8, 4) is 11.5 Å². The predicted octanol–water partition coefficient (Wildman–Crippen LogP) is 3.56. The first kappa shape index (κ1) is 13.7. The number of benzene rings is 2. The molecule has 0 spiro atoms. The summed E-state index contributed by atoms with van der Waals surface area (Å²) in [4.78, 5) is 1.66. The first-order chi connectivity index (χ1) is 9.10. The molecule has 0 fully saturated rings. The van der Waals surface area contributed by atoms with Crippen LogP contribution in [0.3, 0.4) is 0 Å². The quantitative estimate of drug-likeness (QED) is 0.474. The molecule has 0 N–H and O–H groups in total. The van der Waals surface area contributed by atoms with Crippen molar-refractivity contribution in [3.05, 3.63) is 60.7 Å². The monoisotopic (exact) mass is 277 g/mol. The molecule has 0 aliphatic rings. The summed E-state index contributed by atoms with van der Waals surface area (Å²) < 4.78 is 11.5. The zero-order valence-electron chi connectivity index (χ0n) is 10.9. The van der Waals surface area contributed by atoms with E-state index in [-0.39, 0.29) is 0 Å². The molecule has 0 aromatic heterocycles. The van der Waals surface area contributed by atoms with Gasteiger partial charge in [0.2, 0.25) is 0 Å². The van der Waals surface area contributed by atoms with Gasteiger partial charge in [0, 0.05) is 0 Å². The van der Waals surface area contributed by atoms with E-state index in [1.807, 2.05) is 60.7 Å². The summed E-state index contributed by atoms with van der Waals surface area (Å²) in [6.07, 6.45) is 0. The SMILES string of the molecule is CN(C)C(Cl)(Oc1ccccc1)Oc1ccccc1. The second-order valence-corrected chi connectivity index (χ2v) is 4.71. The molecule has 4 heteroatoms. The van der Waals surface area contributed by atoms with E-state index < -0.39 is 5.37 Å². The second kappa shape index (κ2) is 5.95. The van der Waals surface area contributed by atoms with Crippen molar-refractivity contribution < 1.29 is 9.47 Å². The Morgan fingerprint density at radius 2 is 1.16 bits per heavy atom. The minimum Gasteiger partial charge on any atom is -0.427 e. The van der Waals surface area contributed by atoms with Gasteiger partial charge in [-0.05, 0) is 50.0 Å². The zero-order valence-corrected chi connectivity index (χ0v) is 11.7. The van der Waals surface area contributed by atoms with Crippen molar-refractivity contribution in [1.29, 1.82) is 0 Å². The van der Waals surface area contributed by atoms with Crippen LogP contribution in [-0.4, -0.2) is 24.4 Å². The Morgan fingerprint density at radius 3 is 1.47 bits per heavy atom. The second-order valence-electron chi connectivity index (χ2n) is 4.23. The first-order valence-corrected chi connectivity index (χ1v) is 6.32. The van der Waals surface area contributed by atoms with E-state index in [1.165, 1.54) is 0 Å². The topological polar surface area (TPSA) is 21.7 Å². The van der Waals surface area contributed by atoms with Crippen molar-refractivity contribution in [2.75, 3.05) is 14.1 Å². The molecule has 2 rings (SSSR count). The fourth-order valence-corrected chi connectivity index (χ4v) is 1.65. The largest absolute Gasteiger partial charge is 0.427 e. The minimum absolute atomic E-state index is 0.641. The van der Waals surface area contributed by atoms with Gasteiger partial charge in [-0.1, -0.05) is 36.4 Å². The first-order valence-electron chi connectivity index (χ1n) is 5.94. The van der Waals surface area contributed by atoms with Gasteiger partial charge >= 0.3 is 5.37 Å². The van der Waals surface area contributed by atoms with Crippen molar-refractivity contribution in [3.63, 3.8) is 0 Å². The third kappa shape index (κ3) is 3.63. The van der Waals surface area contributed by atoms with Gasteiger partial charge in [-0.25, -0.2) is 4.90 Å². The standard InChI is InChI=1S/C15H16ClNO2/c1-17(2)15(16,18-13-9-5-3-6-10-13)19-14-11-7-4-8-12-14/h3-12H,1-2H3. The molecular formula is C15H16ClNO2. The molecule has 3 nitrogen and oxygen atoms in total.